The lowest BCUT2D eigenvalue weighted by Crippen LogP contribution is -2.29. The molecule has 0 radical (unpaired) electrons. The van der Waals surface area contributed by atoms with Crippen molar-refractivity contribution in [1.82, 2.24) is 9.88 Å². The number of alkyl halides is 3. The zero-order chi connectivity index (χ0) is 19.7. The molecule has 0 unspecified atom stereocenters. The molecule has 1 aliphatic heterocycles. The number of benzene rings is 1. The molecule has 3 aromatic rings. The molecule has 146 valence electrons. The van der Waals surface area contributed by atoms with Crippen LogP contribution < -0.4 is 5.32 Å². The Bertz CT molecular complexity index is 965. The highest BCUT2D eigenvalue weighted by molar-refractivity contribution is 7.16. The van der Waals surface area contributed by atoms with Crippen LogP contribution in [0.1, 0.15) is 32.1 Å². The maximum Gasteiger partial charge on any atom is 0.416 e. The van der Waals surface area contributed by atoms with E-state index in [9.17, 15) is 18.0 Å². The number of aromatic nitrogens is 1. The SMILES string of the molecule is O=C(Nc1nc2c(s1)CN(Cc1ccc(C(F)(F)F)cc1)CC2)c1ccsc1. The summed E-state index contributed by atoms with van der Waals surface area (Å²) in [6.07, 6.45) is -3.56. The molecule has 0 fully saturated rings. The summed E-state index contributed by atoms with van der Waals surface area (Å²) in [6.45, 7) is 2.02. The molecule has 4 nitrogen and oxygen atoms in total. The van der Waals surface area contributed by atoms with Gasteiger partial charge in [0.05, 0.1) is 16.8 Å². The Hall–Kier alpha value is -2.23. The van der Waals surface area contributed by atoms with Crippen LogP contribution in [0.25, 0.3) is 0 Å². The van der Waals surface area contributed by atoms with Crippen molar-refractivity contribution in [2.75, 3.05) is 11.9 Å². The molecule has 0 aliphatic carbocycles. The van der Waals surface area contributed by atoms with Crippen molar-refractivity contribution >= 4 is 33.7 Å². The van der Waals surface area contributed by atoms with Crippen molar-refractivity contribution in [3.8, 4) is 0 Å². The summed E-state index contributed by atoms with van der Waals surface area (Å²) in [5.74, 6) is -0.172. The highest BCUT2D eigenvalue weighted by Crippen LogP contribution is 2.31. The third-order valence-corrected chi connectivity index (χ3v) is 6.18. The van der Waals surface area contributed by atoms with Crippen LogP contribution in [-0.4, -0.2) is 22.3 Å². The lowest BCUT2D eigenvalue weighted by molar-refractivity contribution is -0.137. The van der Waals surface area contributed by atoms with Crippen molar-refractivity contribution in [2.45, 2.75) is 25.7 Å². The van der Waals surface area contributed by atoms with E-state index < -0.39 is 11.7 Å². The van der Waals surface area contributed by atoms with Crippen LogP contribution in [0.2, 0.25) is 0 Å². The third-order valence-electron chi connectivity index (χ3n) is 4.50. The largest absolute Gasteiger partial charge is 0.416 e. The zero-order valence-electron chi connectivity index (χ0n) is 14.6. The molecular weight excluding hydrogens is 407 g/mol. The molecule has 4 rings (SSSR count). The molecule has 0 saturated heterocycles. The van der Waals surface area contributed by atoms with E-state index >= 15 is 0 Å². The molecule has 0 spiro atoms. The summed E-state index contributed by atoms with van der Waals surface area (Å²) in [6, 6.07) is 7.05. The van der Waals surface area contributed by atoms with Crippen molar-refractivity contribution in [3.63, 3.8) is 0 Å². The molecule has 0 saturated carbocycles. The van der Waals surface area contributed by atoms with Crippen molar-refractivity contribution in [2.24, 2.45) is 0 Å². The molecular formula is C19H16F3N3OS2. The monoisotopic (exact) mass is 423 g/mol. The minimum absolute atomic E-state index is 0.172. The zero-order valence-corrected chi connectivity index (χ0v) is 16.3. The van der Waals surface area contributed by atoms with E-state index in [1.54, 1.807) is 11.4 Å². The maximum atomic E-state index is 12.7. The Morgan fingerprint density at radius 2 is 2.00 bits per heavy atom. The van der Waals surface area contributed by atoms with E-state index in [-0.39, 0.29) is 5.91 Å². The molecule has 9 heteroatoms. The fourth-order valence-corrected chi connectivity index (χ4v) is 4.74. The number of halogens is 3. The highest BCUT2D eigenvalue weighted by Gasteiger charge is 2.30. The van der Waals surface area contributed by atoms with Crippen LogP contribution in [0.15, 0.2) is 41.1 Å². The van der Waals surface area contributed by atoms with Gasteiger partial charge in [0.2, 0.25) is 0 Å². The van der Waals surface area contributed by atoms with Crippen LogP contribution in [0, 0.1) is 0 Å². The van der Waals surface area contributed by atoms with Gasteiger partial charge in [-0.3, -0.25) is 15.0 Å². The molecule has 1 N–H and O–H groups in total. The highest BCUT2D eigenvalue weighted by atomic mass is 32.1. The number of hydrogen-bond donors (Lipinski definition) is 1. The first-order valence-corrected chi connectivity index (χ1v) is 10.3. The van der Waals surface area contributed by atoms with Gasteiger partial charge in [0, 0.05) is 36.3 Å². The van der Waals surface area contributed by atoms with E-state index in [4.69, 9.17) is 0 Å². The van der Waals surface area contributed by atoms with E-state index in [0.717, 1.165) is 41.2 Å². The number of nitrogens with zero attached hydrogens (tertiary/aromatic N) is 2. The first-order valence-electron chi connectivity index (χ1n) is 8.59. The first kappa shape index (κ1) is 19.1. The molecule has 28 heavy (non-hydrogen) atoms. The number of carbonyl (C=O) groups is 1. The van der Waals surface area contributed by atoms with Crippen LogP contribution in [0.4, 0.5) is 18.3 Å². The van der Waals surface area contributed by atoms with Crippen molar-refractivity contribution in [1.29, 1.82) is 0 Å². The summed E-state index contributed by atoms with van der Waals surface area (Å²) in [5.41, 5.74) is 1.80. The van der Waals surface area contributed by atoms with Gasteiger partial charge in [-0.2, -0.15) is 24.5 Å². The van der Waals surface area contributed by atoms with E-state index in [2.05, 4.69) is 15.2 Å². The third kappa shape index (κ3) is 4.26. The van der Waals surface area contributed by atoms with Crippen molar-refractivity contribution in [3.05, 3.63) is 68.4 Å². The number of rotatable bonds is 4. The van der Waals surface area contributed by atoms with Crippen LogP contribution in [0.3, 0.4) is 0 Å². The predicted molar refractivity (Wildman–Crippen MR) is 104 cm³/mol. The normalized spacial score (nSPS) is 14.7. The number of fused-ring (bicyclic) bond motifs is 1. The van der Waals surface area contributed by atoms with Gasteiger partial charge in [-0.1, -0.05) is 12.1 Å². The van der Waals surface area contributed by atoms with Gasteiger partial charge in [0.25, 0.3) is 5.91 Å². The van der Waals surface area contributed by atoms with Gasteiger partial charge in [0.1, 0.15) is 0 Å². The van der Waals surface area contributed by atoms with Gasteiger partial charge in [0.15, 0.2) is 5.13 Å². The quantitative estimate of drug-likeness (QED) is 0.640. The second-order valence-corrected chi connectivity index (χ2v) is 8.37. The molecule has 1 aromatic carbocycles. The summed E-state index contributed by atoms with van der Waals surface area (Å²) < 4.78 is 38.0. The molecule has 0 atom stereocenters. The lowest BCUT2D eigenvalue weighted by atomic mass is 10.1. The Labute approximate surface area is 167 Å². The molecule has 1 amide bonds. The second-order valence-electron chi connectivity index (χ2n) is 6.51. The van der Waals surface area contributed by atoms with Crippen LogP contribution in [0.5, 0.6) is 0 Å². The molecule has 0 bridgehead atoms. The Balaban J connectivity index is 1.39. The van der Waals surface area contributed by atoms with Gasteiger partial charge >= 0.3 is 6.18 Å². The standard InChI is InChI=1S/C19H16F3N3OS2/c20-19(21,22)14-3-1-12(2-4-14)9-25-7-5-15-16(10-25)28-18(23-15)24-17(26)13-6-8-27-11-13/h1-4,6,8,11H,5,7,9-10H2,(H,23,24,26). The fraction of sp³-hybridized carbons (Fsp3) is 0.263. The van der Waals surface area contributed by atoms with Gasteiger partial charge in [-0.15, -0.1) is 11.3 Å². The van der Waals surface area contributed by atoms with E-state index in [1.165, 1.54) is 34.8 Å². The number of thiophene rings is 1. The van der Waals surface area contributed by atoms with E-state index in [1.807, 2.05) is 5.38 Å². The van der Waals surface area contributed by atoms with Gasteiger partial charge < -0.3 is 0 Å². The lowest BCUT2D eigenvalue weighted by Gasteiger charge is -2.25. The van der Waals surface area contributed by atoms with Gasteiger partial charge in [-0.25, -0.2) is 4.98 Å². The summed E-state index contributed by atoms with van der Waals surface area (Å²) in [5, 5.41) is 7.05. The molecule has 1 aliphatic rings. The molecule has 3 heterocycles. The average Bonchev–Trinajstić information content (AvgIpc) is 3.30. The number of carbonyl (C=O) groups excluding carboxylic acids is 1. The smallest absolute Gasteiger partial charge is 0.298 e. The molecule has 2 aromatic heterocycles. The first-order chi connectivity index (χ1) is 13.4. The summed E-state index contributed by atoms with van der Waals surface area (Å²) in [7, 11) is 0. The van der Waals surface area contributed by atoms with Crippen molar-refractivity contribution < 1.29 is 18.0 Å². The summed E-state index contributed by atoms with van der Waals surface area (Å²) in [4.78, 5) is 19.9. The second kappa shape index (κ2) is 7.65. The minimum Gasteiger partial charge on any atom is -0.298 e. The van der Waals surface area contributed by atoms with Crippen LogP contribution in [-0.2, 0) is 25.7 Å². The number of hydrogen-bond acceptors (Lipinski definition) is 5. The summed E-state index contributed by atoms with van der Waals surface area (Å²) >= 11 is 2.91. The van der Waals surface area contributed by atoms with Gasteiger partial charge in [-0.05, 0) is 29.1 Å². The average molecular weight is 423 g/mol. The number of nitrogens with one attached hydrogen (secondary N) is 1. The number of anilines is 1. The Kier molecular flexibility index (Phi) is 5.22. The number of thiazole rings is 1. The number of amides is 1. The fourth-order valence-electron chi connectivity index (χ4n) is 3.06. The Morgan fingerprint density at radius 3 is 2.68 bits per heavy atom. The minimum atomic E-state index is -4.31. The maximum absolute atomic E-state index is 12.7. The Morgan fingerprint density at radius 1 is 1.21 bits per heavy atom. The van der Waals surface area contributed by atoms with E-state index in [0.29, 0.717) is 23.8 Å². The predicted octanol–water partition coefficient (Wildman–Crippen LogP) is 5.03. The van der Waals surface area contributed by atoms with Crippen LogP contribution >= 0.6 is 22.7 Å². The topological polar surface area (TPSA) is 45.2 Å².